The van der Waals surface area contributed by atoms with Crippen LogP contribution in [0.1, 0.15) is 72.9 Å². The zero-order valence-electron chi connectivity index (χ0n) is 28.5. The average molecular weight is 645 g/mol. The van der Waals surface area contributed by atoms with Crippen molar-refractivity contribution in [3.63, 3.8) is 0 Å². The summed E-state index contributed by atoms with van der Waals surface area (Å²) in [5.74, 6) is -0.744. The Labute approximate surface area is 274 Å². The maximum absolute atomic E-state index is 12.7. The number of hydrogen-bond donors (Lipinski definition) is 5. The number of carbonyl (C=O) groups excluding carboxylic acids is 1. The molecule has 1 aromatic rings. The highest BCUT2D eigenvalue weighted by Gasteiger charge is 2.54. The second-order valence-electron chi connectivity index (χ2n) is 13.5. The number of epoxide rings is 1. The van der Waals surface area contributed by atoms with Gasteiger partial charge in [-0.05, 0) is 57.7 Å². The van der Waals surface area contributed by atoms with Crippen LogP contribution >= 0.6 is 0 Å². The van der Waals surface area contributed by atoms with Crippen molar-refractivity contribution < 1.29 is 39.4 Å². The van der Waals surface area contributed by atoms with Crippen molar-refractivity contribution in [2.24, 2.45) is 11.8 Å². The summed E-state index contributed by atoms with van der Waals surface area (Å²) < 4.78 is 17.6. The Morgan fingerprint density at radius 2 is 2.02 bits per heavy atom. The van der Waals surface area contributed by atoms with E-state index in [2.05, 4.69) is 24.1 Å². The molecule has 3 heterocycles. The molecule has 2 unspecified atom stereocenters. The van der Waals surface area contributed by atoms with Crippen molar-refractivity contribution in [3.05, 3.63) is 66.0 Å². The monoisotopic (exact) mass is 644 g/mol. The molecule has 46 heavy (non-hydrogen) atoms. The van der Waals surface area contributed by atoms with Gasteiger partial charge in [0, 0.05) is 43.8 Å². The predicted molar refractivity (Wildman–Crippen MR) is 177 cm³/mol. The highest BCUT2D eigenvalue weighted by molar-refractivity contribution is 5.70. The molecular weight excluding hydrogens is 588 g/mol. The van der Waals surface area contributed by atoms with E-state index < -0.39 is 41.5 Å². The number of rotatable bonds is 13. The Morgan fingerprint density at radius 3 is 2.67 bits per heavy atom. The summed E-state index contributed by atoms with van der Waals surface area (Å²) in [6.45, 7) is 11.7. The van der Waals surface area contributed by atoms with Crippen molar-refractivity contribution in [1.82, 2.24) is 10.3 Å². The van der Waals surface area contributed by atoms with Gasteiger partial charge in [0.1, 0.15) is 18.3 Å². The molecule has 11 atom stereocenters. The minimum atomic E-state index is -1.44. The van der Waals surface area contributed by atoms with Gasteiger partial charge in [0.15, 0.2) is 0 Å². The fraction of sp³-hybridized carbons (Fsp3) is 0.667. The fourth-order valence-corrected chi connectivity index (χ4v) is 6.24. The summed E-state index contributed by atoms with van der Waals surface area (Å²) in [6.07, 6.45) is 8.80. The Hall–Kier alpha value is -2.44. The summed E-state index contributed by atoms with van der Waals surface area (Å²) in [5, 5.41) is 46.9. The maximum atomic E-state index is 12.7. The number of esters is 1. The second-order valence-corrected chi connectivity index (χ2v) is 13.5. The van der Waals surface area contributed by atoms with E-state index in [0.717, 1.165) is 12.1 Å². The van der Waals surface area contributed by atoms with Crippen molar-refractivity contribution in [2.45, 2.75) is 128 Å². The van der Waals surface area contributed by atoms with Gasteiger partial charge in [-0.15, -0.1) is 0 Å². The molecule has 258 valence electrons. The molecule has 0 bridgehead atoms. The van der Waals surface area contributed by atoms with Gasteiger partial charge < -0.3 is 40.0 Å². The van der Waals surface area contributed by atoms with E-state index in [4.69, 9.17) is 14.2 Å². The first kappa shape index (κ1) is 38.0. The lowest BCUT2D eigenvalue weighted by atomic mass is 9.87. The minimum absolute atomic E-state index is 0.0493. The van der Waals surface area contributed by atoms with E-state index in [-0.39, 0.29) is 49.4 Å². The third-order valence-electron chi connectivity index (χ3n) is 9.40. The van der Waals surface area contributed by atoms with E-state index in [9.17, 15) is 25.2 Å². The number of aliphatic hydroxyl groups excluding tert-OH is 2. The molecule has 0 saturated carbocycles. The summed E-state index contributed by atoms with van der Waals surface area (Å²) in [4.78, 5) is 17.1. The number of methoxy groups -OCH3 is 1. The topological polar surface area (TPSA) is 154 Å². The van der Waals surface area contributed by atoms with Crippen LogP contribution < -0.4 is 5.32 Å². The molecule has 5 N–H and O–H groups in total. The standard InChI is InChI=1S/C36H56N2O8/c1-8-28(44-7)25(4)32-33(46-32)34(38-21-17-26-13-9-10-20-37-26)36(6,43)18-11-12-23(2)31-24(3)14-15-29(40)35(5,42)19-16-27(39)22-30(41)45-31/h9-15,18,20,24-25,27-29,31-34,38-40,42-43H,8,16-17,19,21-22H2,1-7H3/b15-14+,18-11+,23-12+/t24-,25+,27+,28-,29-,31+,32+,33-,34?,35+,36?/m0/s1. The van der Waals surface area contributed by atoms with Gasteiger partial charge in [-0.2, -0.15) is 0 Å². The van der Waals surface area contributed by atoms with Crippen LogP contribution in [0.2, 0.25) is 0 Å². The Kier molecular flexibility index (Phi) is 14.1. The number of nitrogens with zero attached hydrogens (tertiary/aromatic N) is 1. The number of hydrogen-bond acceptors (Lipinski definition) is 10. The van der Waals surface area contributed by atoms with Crippen LogP contribution in [-0.4, -0.2) is 98.9 Å². The summed E-state index contributed by atoms with van der Waals surface area (Å²) >= 11 is 0. The molecule has 1 aromatic heterocycles. The van der Waals surface area contributed by atoms with Gasteiger partial charge in [0.2, 0.25) is 0 Å². The summed E-state index contributed by atoms with van der Waals surface area (Å²) in [6, 6.07) is 5.39. The molecular formula is C36H56N2O8. The first-order chi connectivity index (χ1) is 21.7. The number of cyclic esters (lactones) is 1. The third-order valence-corrected chi connectivity index (χ3v) is 9.40. The van der Waals surface area contributed by atoms with Crippen molar-refractivity contribution in [3.8, 4) is 0 Å². The lowest BCUT2D eigenvalue weighted by molar-refractivity contribution is -0.151. The van der Waals surface area contributed by atoms with Crippen LogP contribution in [-0.2, 0) is 25.4 Å². The second kappa shape index (κ2) is 17.1. The molecule has 0 amide bonds. The molecule has 10 heteroatoms. The van der Waals surface area contributed by atoms with Gasteiger partial charge in [-0.3, -0.25) is 9.78 Å². The van der Waals surface area contributed by atoms with Crippen LogP contribution in [0.25, 0.3) is 0 Å². The largest absolute Gasteiger partial charge is 0.457 e. The van der Waals surface area contributed by atoms with Gasteiger partial charge in [0.25, 0.3) is 0 Å². The molecule has 0 aromatic carbocycles. The summed E-state index contributed by atoms with van der Waals surface area (Å²) in [7, 11) is 1.71. The molecule has 10 nitrogen and oxygen atoms in total. The molecule has 3 rings (SSSR count). The highest BCUT2D eigenvalue weighted by atomic mass is 16.6. The molecule has 1 fully saturated rings. The SMILES string of the molecule is CC[C@H](OC)[C@@H](C)[C@H]1O[C@@H]1C(NCCc1ccccn1)C(C)(O)/C=C/C=C(\C)[C@H]1OC(=O)C[C@H](O)CC[C@@](C)(O)[C@@H](O)/C=C/[C@@H]1C. The smallest absolute Gasteiger partial charge is 0.309 e. The van der Waals surface area contributed by atoms with Crippen LogP contribution in [0, 0.1) is 11.8 Å². The lowest BCUT2D eigenvalue weighted by Crippen LogP contribution is -2.52. The predicted octanol–water partition coefficient (Wildman–Crippen LogP) is 3.43. The number of nitrogens with one attached hydrogen (secondary N) is 1. The molecule has 1 saturated heterocycles. The van der Waals surface area contributed by atoms with Crippen molar-refractivity contribution in [2.75, 3.05) is 13.7 Å². The number of ether oxygens (including phenoxy) is 3. The van der Waals surface area contributed by atoms with Crippen molar-refractivity contribution in [1.29, 1.82) is 0 Å². The lowest BCUT2D eigenvalue weighted by Gasteiger charge is -2.31. The number of aliphatic hydroxyl groups is 4. The molecule has 2 aliphatic rings. The molecule has 0 spiro atoms. The third kappa shape index (κ3) is 10.8. The van der Waals surface area contributed by atoms with E-state index in [1.165, 1.54) is 13.0 Å². The van der Waals surface area contributed by atoms with Crippen LogP contribution in [0.5, 0.6) is 0 Å². The van der Waals surface area contributed by atoms with E-state index in [1.807, 2.05) is 32.0 Å². The van der Waals surface area contributed by atoms with Gasteiger partial charge in [-0.1, -0.05) is 57.2 Å². The van der Waals surface area contributed by atoms with Crippen molar-refractivity contribution >= 4 is 5.97 Å². The Morgan fingerprint density at radius 1 is 1.28 bits per heavy atom. The number of allylic oxidation sites excluding steroid dienone is 2. The van der Waals surface area contributed by atoms with Crippen LogP contribution in [0.4, 0.5) is 0 Å². The number of carbonyl (C=O) groups is 1. The average Bonchev–Trinajstić information content (AvgIpc) is 3.80. The fourth-order valence-electron chi connectivity index (χ4n) is 6.24. The first-order valence-corrected chi connectivity index (χ1v) is 16.6. The number of pyridine rings is 1. The van der Waals surface area contributed by atoms with Gasteiger partial charge in [0.05, 0.1) is 42.0 Å². The first-order valence-electron chi connectivity index (χ1n) is 16.6. The molecule has 2 aliphatic heterocycles. The zero-order chi connectivity index (χ0) is 34.1. The quantitative estimate of drug-likeness (QED) is 0.0934. The summed E-state index contributed by atoms with van der Waals surface area (Å²) in [5.41, 5.74) is -1.08. The van der Waals surface area contributed by atoms with Crippen LogP contribution in [0.3, 0.4) is 0 Å². The minimum Gasteiger partial charge on any atom is -0.457 e. The normalized spacial score (nSPS) is 33.6. The molecule has 0 radical (unpaired) electrons. The highest BCUT2D eigenvalue weighted by Crippen LogP contribution is 2.38. The number of aromatic nitrogens is 1. The zero-order valence-corrected chi connectivity index (χ0v) is 28.5. The van der Waals surface area contributed by atoms with E-state index in [0.29, 0.717) is 18.5 Å². The Bertz CT molecular complexity index is 1180. The Balaban J connectivity index is 1.80. The van der Waals surface area contributed by atoms with E-state index in [1.54, 1.807) is 44.5 Å². The maximum Gasteiger partial charge on any atom is 0.309 e. The van der Waals surface area contributed by atoms with Gasteiger partial charge in [-0.25, -0.2) is 0 Å². The van der Waals surface area contributed by atoms with E-state index >= 15 is 0 Å². The molecule has 0 aliphatic carbocycles. The van der Waals surface area contributed by atoms with Gasteiger partial charge >= 0.3 is 5.97 Å². The van der Waals surface area contributed by atoms with Crippen LogP contribution in [0.15, 0.2) is 60.3 Å².